The third-order valence-electron chi connectivity index (χ3n) is 3.33. The van der Waals surface area contributed by atoms with Crippen LogP contribution in [0.25, 0.3) is 10.9 Å². The topological polar surface area (TPSA) is 42.1 Å². The number of aromatic nitrogens is 1. The molecule has 3 nitrogen and oxygen atoms in total. The number of H-pyrrole nitrogens is 1. The Kier molecular flexibility index (Phi) is 1.99. The summed E-state index contributed by atoms with van der Waals surface area (Å²) in [7, 11) is 1.60. The van der Waals surface area contributed by atoms with Crippen molar-refractivity contribution >= 4 is 17.2 Å². The molecular formula is C13H13NO2. The molecule has 0 unspecified atom stereocenters. The molecule has 0 atom stereocenters. The van der Waals surface area contributed by atoms with E-state index in [1.165, 1.54) is 23.1 Å². The van der Waals surface area contributed by atoms with E-state index in [2.05, 4.69) is 4.98 Å². The van der Waals surface area contributed by atoms with Gasteiger partial charge in [-0.1, -0.05) is 0 Å². The fourth-order valence-electron chi connectivity index (χ4n) is 2.56. The molecule has 0 fully saturated rings. The van der Waals surface area contributed by atoms with Gasteiger partial charge in [-0.15, -0.1) is 0 Å². The minimum Gasteiger partial charge on any atom is -0.496 e. The first kappa shape index (κ1) is 9.46. The van der Waals surface area contributed by atoms with Crippen LogP contribution in [0.1, 0.15) is 28.0 Å². The standard InChI is InChI=1S/C13H13NO2/c1-16-13-6-10-9-3-2-4-11(9)14-12(10)5-8(13)7-15/h5-7,14H,2-4H2,1H3. The van der Waals surface area contributed by atoms with Crippen LogP contribution in [0, 0.1) is 0 Å². The summed E-state index contributed by atoms with van der Waals surface area (Å²) < 4.78 is 5.23. The zero-order chi connectivity index (χ0) is 11.1. The lowest BCUT2D eigenvalue weighted by Crippen LogP contribution is -1.90. The van der Waals surface area contributed by atoms with E-state index in [0.717, 1.165) is 24.6 Å². The van der Waals surface area contributed by atoms with E-state index in [1.54, 1.807) is 7.11 Å². The van der Waals surface area contributed by atoms with Gasteiger partial charge in [0.25, 0.3) is 0 Å². The summed E-state index contributed by atoms with van der Waals surface area (Å²) in [6, 6.07) is 3.85. The van der Waals surface area contributed by atoms with Gasteiger partial charge in [0, 0.05) is 16.6 Å². The average molecular weight is 215 g/mol. The van der Waals surface area contributed by atoms with Crippen molar-refractivity contribution in [1.82, 2.24) is 4.98 Å². The Labute approximate surface area is 93.4 Å². The van der Waals surface area contributed by atoms with E-state index in [-0.39, 0.29) is 0 Å². The van der Waals surface area contributed by atoms with Crippen LogP contribution < -0.4 is 4.74 Å². The molecule has 0 aliphatic heterocycles. The summed E-state index contributed by atoms with van der Waals surface area (Å²) in [4.78, 5) is 14.3. The van der Waals surface area contributed by atoms with Crippen LogP contribution in [0.2, 0.25) is 0 Å². The highest BCUT2D eigenvalue weighted by atomic mass is 16.5. The molecule has 3 rings (SSSR count). The minimum absolute atomic E-state index is 0.606. The summed E-state index contributed by atoms with van der Waals surface area (Å²) in [5.74, 6) is 0.663. The molecule has 1 aliphatic rings. The number of carbonyl (C=O) groups excluding carboxylic acids is 1. The Balaban J connectivity index is 2.31. The fraction of sp³-hybridized carbons (Fsp3) is 0.308. The molecule has 2 aromatic rings. The molecule has 0 radical (unpaired) electrons. The number of hydrogen-bond donors (Lipinski definition) is 1. The number of aromatic amines is 1. The molecule has 0 amide bonds. The van der Waals surface area contributed by atoms with Crippen molar-refractivity contribution < 1.29 is 9.53 Å². The molecule has 0 spiro atoms. The normalized spacial score (nSPS) is 14.1. The number of ether oxygens (including phenoxy) is 1. The molecule has 1 heterocycles. The first-order chi connectivity index (χ1) is 7.83. The van der Waals surface area contributed by atoms with Gasteiger partial charge in [-0.05, 0) is 37.0 Å². The Morgan fingerprint density at radius 2 is 2.25 bits per heavy atom. The lowest BCUT2D eigenvalue weighted by atomic mass is 10.1. The number of nitrogens with one attached hydrogen (secondary N) is 1. The lowest BCUT2D eigenvalue weighted by Gasteiger charge is -2.04. The number of aldehydes is 1. The van der Waals surface area contributed by atoms with Crippen LogP contribution in [0.3, 0.4) is 0 Å². The van der Waals surface area contributed by atoms with E-state index in [4.69, 9.17) is 4.74 Å². The van der Waals surface area contributed by atoms with E-state index >= 15 is 0 Å². The van der Waals surface area contributed by atoms with Crippen molar-refractivity contribution in [3.8, 4) is 5.75 Å². The number of methoxy groups -OCH3 is 1. The quantitative estimate of drug-likeness (QED) is 0.782. The van der Waals surface area contributed by atoms with Gasteiger partial charge in [0.05, 0.1) is 12.7 Å². The number of benzene rings is 1. The highest BCUT2D eigenvalue weighted by Crippen LogP contribution is 2.33. The van der Waals surface area contributed by atoms with Gasteiger partial charge in [-0.2, -0.15) is 0 Å². The van der Waals surface area contributed by atoms with E-state index in [1.807, 2.05) is 12.1 Å². The summed E-state index contributed by atoms with van der Waals surface area (Å²) in [6.07, 6.45) is 4.29. The Morgan fingerprint density at radius 1 is 1.38 bits per heavy atom. The van der Waals surface area contributed by atoms with Gasteiger partial charge >= 0.3 is 0 Å². The van der Waals surface area contributed by atoms with E-state index in [9.17, 15) is 4.79 Å². The SMILES string of the molecule is COc1cc2c3c([nH]c2cc1C=O)CCC3. The molecule has 16 heavy (non-hydrogen) atoms. The summed E-state index contributed by atoms with van der Waals surface area (Å²) in [5, 5.41) is 1.20. The van der Waals surface area contributed by atoms with Crippen LogP contribution >= 0.6 is 0 Å². The molecule has 82 valence electrons. The molecule has 1 N–H and O–H groups in total. The number of rotatable bonds is 2. The predicted octanol–water partition coefficient (Wildman–Crippen LogP) is 2.48. The average Bonchev–Trinajstić information content (AvgIpc) is 2.87. The highest BCUT2D eigenvalue weighted by Gasteiger charge is 2.18. The van der Waals surface area contributed by atoms with Gasteiger partial charge < -0.3 is 9.72 Å². The third-order valence-corrected chi connectivity index (χ3v) is 3.33. The van der Waals surface area contributed by atoms with Crippen molar-refractivity contribution in [3.05, 3.63) is 29.0 Å². The Bertz CT molecular complexity index is 569. The molecule has 1 aromatic heterocycles. The second-order valence-corrected chi connectivity index (χ2v) is 4.19. The monoisotopic (exact) mass is 215 g/mol. The van der Waals surface area contributed by atoms with E-state index < -0.39 is 0 Å². The number of carbonyl (C=O) groups is 1. The van der Waals surface area contributed by atoms with Gasteiger partial charge in [0.15, 0.2) is 6.29 Å². The first-order valence-electron chi connectivity index (χ1n) is 5.50. The number of fused-ring (bicyclic) bond motifs is 3. The number of aryl methyl sites for hydroxylation is 2. The van der Waals surface area contributed by atoms with Crippen LogP contribution in [0.5, 0.6) is 5.75 Å². The predicted molar refractivity (Wildman–Crippen MR) is 62.3 cm³/mol. The highest BCUT2D eigenvalue weighted by molar-refractivity contribution is 5.93. The molecule has 3 heteroatoms. The minimum atomic E-state index is 0.606. The van der Waals surface area contributed by atoms with Gasteiger partial charge in [-0.3, -0.25) is 4.79 Å². The largest absolute Gasteiger partial charge is 0.496 e. The molecular weight excluding hydrogens is 202 g/mol. The third kappa shape index (κ3) is 1.18. The van der Waals surface area contributed by atoms with Crippen LogP contribution in [-0.4, -0.2) is 18.4 Å². The van der Waals surface area contributed by atoms with Gasteiger partial charge in [-0.25, -0.2) is 0 Å². The summed E-state index contributed by atoms with van der Waals surface area (Å²) >= 11 is 0. The fourth-order valence-corrected chi connectivity index (χ4v) is 2.56. The maximum Gasteiger partial charge on any atom is 0.153 e. The molecule has 0 saturated heterocycles. The second-order valence-electron chi connectivity index (χ2n) is 4.19. The molecule has 0 saturated carbocycles. The zero-order valence-corrected chi connectivity index (χ0v) is 9.17. The molecule has 0 bridgehead atoms. The zero-order valence-electron chi connectivity index (χ0n) is 9.17. The van der Waals surface area contributed by atoms with Crippen LogP contribution in [-0.2, 0) is 12.8 Å². The lowest BCUT2D eigenvalue weighted by molar-refractivity contribution is 0.112. The maximum absolute atomic E-state index is 10.9. The smallest absolute Gasteiger partial charge is 0.153 e. The van der Waals surface area contributed by atoms with Crippen molar-refractivity contribution in [2.24, 2.45) is 0 Å². The van der Waals surface area contributed by atoms with Crippen LogP contribution in [0.15, 0.2) is 12.1 Å². The van der Waals surface area contributed by atoms with Gasteiger partial charge in [0.1, 0.15) is 5.75 Å². The maximum atomic E-state index is 10.9. The van der Waals surface area contributed by atoms with Crippen molar-refractivity contribution in [2.75, 3.05) is 7.11 Å². The Morgan fingerprint density at radius 3 is 3.00 bits per heavy atom. The molecule has 1 aromatic carbocycles. The van der Waals surface area contributed by atoms with Crippen molar-refractivity contribution in [3.63, 3.8) is 0 Å². The van der Waals surface area contributed by atoms with Crippen LogP contribution in [0.4, 0.5) is 0 Å². The van der Waals surface area contributed by atoms with Crippen molar-refractivity contribution in [1.29, 1.82) is 0 Å². The molecule has 1 aliphatic carbocycles. The first-order valence-corrected chi connectivity index (χ1v) is 5.50. The summed E-state index contributed by atoms with van der Waals surface area (Å²) in [6.45, 7) is 0. The Hall–Kier alpha value is -1.77. The summed E-state index contributed by atoms with van der Waals surface area (Å²) in [5.41, 5.74) is 4.37. The number of hydrogen-bond acceptors (Lipinski definition) is 2. The van der Waals surface area contributed by atoms with E-state index in [0.29, 0.717) is 11.3 Å². The van der Waals surface area contributed by atoms with Gasteiger partial charge in [0.2, 0.25) is 0 Å². The van der Waals surface area contributed by atoms with Crippen molar-refractivity contribution in [2.45, 2.75) is 19.3 Å². The second kappa shape index (κ2) is 3.37.